The minimum Gasteiger partial charge on any atom is -0.495 e. The Hall–Kier alpha value is -2.04. The molecule has 2 amide bonds. The van der Waals surface area contributed by atoms with E-state index in [1.165, 1.54) is 12.8 Å². The van der Waals surface area contributed by atoms with E-state index in [1.807, 2.05) is 24.3 Å². The van der Waals surface area contributed by atoms with Gasteiger partial charge in [-0.3, -0.25) is 9.59 Å². The van der Waals surface area contributed by atoms with Gasteiger partial charge >= 0.3 is 0 Å². The third-order valence-electron chi connectivity index (χ3n) is 5.30. The van der Waals surface area contributed by atoms with Crippen molar-refractivity contribution in [2.75, 3.05) is 18.6 Å². The van der Waals surface area contributed by atoms with Crippen LogP contribution in [0.1, 0.15) is 25.7 Å². The monoisotopic (exact) mass is 314 g/mol. The normalized spacial score (nSPS) is 29.5. The maximum absolute atomic E-state index is 12.6. The molecule has 4 rings (SSSR count). The molecule has 1 N–H and O–H groups in total. The van der Waals surface area contributed by atoms with Crippen LogP contribution in [0.5, 0.6) is 5.75 Å². The maximum atomic E-state index is 12.6. The first kappa shape index (κ1) is 14.5. The summed E-state index contributed by atoms with van der Waals surface area (Å²) in [5.41, 5.74) is 0.777. The Morgan fingerprint density at radius 3 is 2.78 bits per heavy atom. The van der Waals surface area contributed by atoms with E-state index >= 15 is 0 Å². The molecule has 0 radical (unpaired) electrons. The fourth-order valence-electron chi connectivity index (χ4n) is 3.75. The van der Waals surface area contributed by atoms with Gasteiger partial charge in [-0.05, 0) is 49.7 Å². The SMILES string of the molecule is COc1ccccc1N1CCC(NC(=O)C2CC2C2CC2)C1=O. The number of rotatable bonds is 5. The number of benzene rings is 1. The van der Waals surface area contributed by atoms with Crippen molar-refractivity contribution in [3.8, 4) is 5.75 Å². The van der Waals surface area contributed by atoms with E-state index in [9.17, 15) is 9.59 Å². The van der Waals surface area contributed by atoms with Gasteiger partial charge in [-0.1, -0.05) is 12.1 Å². The number of hydrogen-bond acceptors (Lipinski definition) is 3. The molecule has 1 aromatic carbocycles. The van der Waals surface area contributed by atoms with Crippen LogP contribution in [0, 0.1) is 17.8 Å². The average Bonchev–Trinajstić information content (AvgIpc) is 3.46. The molecule has 1 saturated heterocycles. The van der Waals surface area contributed by atoms with E-state index in [1.54, 1.807) is 12.0 Å². The summed E-state index contributed by atoms with van der Waals surface area (Å²) in [7, 11) is 1.60. The molecule has 0 bridgehead atoms. The van der Waals surface area contributed by atoms with Gasteiger partial charge in [-0.15, -0.1) is 0 Å². The van der Waals surface area contributed by atoms with E-state index in [0.29, 0.717) is 24.6 Å². The van der Waals surface area contributed by atoms with Crippen molar-refractivity contribution in [1.29, 1.82) is 0 Å². The zero-order valence-electron chi connectivity index (χ0n) is 13.3. The van der Waals surface area contributed by atoms with E-state index in [-0.39, 0.29) is 17.7 Å². The van der Waals surface area contributed by atoms with E-state index in [2.05, 4.69) is 5.32 Å². The Morgan fingerprint density at radius 2 is 2.04 bits per heavy atom. The Morgan fingerprint density at radius 1 is 1.26 bits per heavy atom. The number of para-hydroxylation sites is 2. The van der Waals surface area contributed by atoms with Gasteiger partial charge in [0.1, 0.15) is 11.8 Å². The molecule has 0 aromatic heterocycles. The van der Waals surface area contributed by atoms with Crippen LogP contribution in [0.15, 0.2) is 24.3 Å². The summed E-state index contributed by atoms with van der Waals surface area (Å²) in [4.78, 5) is 26.7. The van der Waals surface area contributed by atoms with Gasteiger partial charge in [0.05, 0.1) is 12.8 Å². The fraction of sp³-hybridized carbons (Fsp3) is 0.556. The van der Waals surface area contributed by atoms with Crippen molar-refractivity contribution < 1.29 is 14.3 Å². The molecule has 2 aliphatic carbocycles. The van der Waals surface area contributed by atoms with E-state index < -0.39 is 6.04 Å². The fourth-order valence-corrected chi connectivity index (χ4v) is 3.75. The lowest BCUT2D eigenvalue weighted by Gasteiger charge is -2.19. The minimum atomic E-state index is -0.395. The summed E-state index contributed by atoms with van der Waals surface area (Å²) in [5, 5.41) is 2.97. The third-order valence-corrected chi connectivity index (χ3v) is 5.30. The number of methoxy groups -OCH3 is 1. The van der Waals surface area contributed by atoms with Crippen LogP contribution in [0.2, 0.25) is 0 Å². The number of carbonyl (C=O) groups is 2. The molecular formula is C18H22N2O3. The van der Waals surface area contributed by atoms with Crippen LogP contribution in [0.4, 0.5) is 5.69 Å². The predicted octanol–water partition coefficient (Wildman–Crippen LogP) is 1.96. The average molecular weight is 314 g/mol. The summed E-state index contributed by atoms with van der Waals surface area (Å²) < 4.78 is 5.34. The highest BCUT2D eigenvalue weighted by Crippen LogP contribution is 2.54. The quantitative estimate of drug-likeness (QED) is 0.904. The van der Waals surface area contributed by atoms with Crippen LogP contribution < -0.4 is 15.0 Å². The lowest BCUT2D eigenvalue weighted by molar-refractivity contribution is -0.127. The van der Waals surface area contributed by atoms with Gasteiger partial charge < -0.3 is 15.0 Å². The number of hydrogen-bond donors (Lipinski definition) is 1. The van der Waals surface area contributed by atoms with Gasteiger partial charge in [0.2, 0.25) is 11.8 Å². The molecule has 122 valence electrons. The highest BCUT2D eigenvalue weighted by molar-refractivity contribution is 6.02. The molecule has 3 unspecified atom stereocenters. The van der Waals surface area contributed by atoms with Crippen molar-refractivity contribution in [2.24, 2.45) is 17.8 Å². The summed E-state index contributed by atoms with van der Waals surface area (Å²) in [5.74, 6) is 2.22. The molecule has 5 nitrogen and oxygen atoms in total. The number of anilines is 1. The van der Waals surface area contributed by atoms with Crippen molar-refractivity contribution in [2.45, 2.75) is 31.7 Å². The predicted molar refractivity (Wildman–Crippen MR) is 86.2 cm³/mol. The van der Waals surface area contributed by atoms with Crippen LogP contribution in [0.25, 0.3) is 0 Å². The van der Waals surface area contributed by atoms with Crippen molar-refractivity contribution in [1.82, 2.24) is 5.32 Å². The number of amides is 2. The summed E-state index contributed by atoms with van der Waals surface area (Å²) in [6.07, 6.45) is 4.22. The minimum absolute atomic E-state index is 0.0357. The van der Waals surface area contributed by atoms with Gasteiger partial charge in [-0.2, -0.15) is 0 Å². The first-order valence-electron chi connectivity index (χ1n) is 8.44. The Kier molecular flexibility index (Phi) is 3.51. The molecule has 23 heavy (non-hydrogen) atoms. The van der Waals surface area contributed by atoms with Gasteiger partial charge in [0.15, 0.2) is 0 Å². The van der Waals surface area contributed by atoms with Crippen LogP contribution in [-0.4, -0.2) is 31.5 Å². The Bertz CT molecular complexity index is 641. The second-order valence-electron chi connectivity index (χ2n) is 6.86. The molecular weight excluding hydrogens is 292 g/mol. The highest BCUT2D eigenvalue weighted by atomic mass is 16.5. The molecule has 1 aromatic rings. The first-order chi connectivity index (χ1) is 11.2. The maximum Gasteiger partial charge on any atom is 0.249 e. The number of nitrogens with one attached hydrogen (secondary N) is 1. The zero-order chi connectivity index (χ0) is 16.0. The summed E-state index contributed by atoms with van der Waals surface area (Å²) in [6.45, 7) is 0.612. The molecule has 3 aliphatic rings. The smallest absolute Gasteiger partial charge is 0.249 e. The lowest BCUT2D eigenvalue weighted by atomic mass is 10.2. The van der Waals surface area contributed by atoms with E-state index in [4.69, 9.17) is 4.74 Å². The van der Waals surface area contributed by atoms with Crippen molar-refractivity contribution in [3.63, 3.8) is 0 Å². The Labute approximate surface area is 136 Å². The van der Waals surface area contributed by atoms with Crippen LogP contribution >= 0.6 is 0 Å². The van der Waals surface area contributed by atoms with Crippen LogP contribution in [0.3, 0.4) is 0 Å². The van der Waals surface area contributed by atoms with Gasteiger partial charge in [0.25, 0.3) is 0 Å². The Balaban J connectivity index is 1.40. The molecule has 2 saturated carbocycles. The molecule has 5 heteroatoms. The molecule has 3 atom stereocenters. The van der Waals surface area contributed by atoms with Crippen LogP contribution in [-0.2, 0) is 9.59 Å². The molecule has 3 fully saturated rings. The van der Waals surface area contributed by atoms with Gasteiger partial charge in [0, 0.05) is 12.5 Å². The highest BCUT2D eigenvalue weighted by Gasteiger charge is 2.51. The third kappa shape index (κ3) is 2.69. The number of ether oxygens (including phenoxy) is 1. The second kappa shape index (κ2) is 5.55. The summed E-state index contributed by atoms with van der Waals surface area (Å²) in [6, 6.07) is 7.10. The molecule has 1 heterocycles. The molecule has 0 spiro atoms. The van der Waals surface area contributed by atoms with Crippen molar-refractivity contribution >= 4 is 17.5 Å². The molecule has 1 aliphatic heterocycles. The largest absolute Gasteiger partial charge is 0.495 e. The second-order valence-corrected chi connectivity index (χ2v) is 6.86. The number of carbonyl (C=O) groups excluding carboxylic acids is 2. The topological polar surface area (TPSA) is 58.6 Å². The van der Waals surface area contributed by atoms with E-state index in [0.717, 1.165) is 18.0 Å². The number of nitrogens with zero attached hydrogens (tertiary/aromatic N) is 1. The standard InChI is InChI=1S/C18H22N2O3/c1-23-16-5-3-2-4-15(16)20-9-8-14(18(20)22)19-17(21)13-10-12(13)11-6-7-11/h2-5,11-14H,6-10H2,1H3,(H,19,21). The van der Waals surface area contributed by atoms with Gasteiger partial charge in [-0.25, -0.2) is 0 Å². The van der Waals surface area contributed by atoms with Crippen molar-refractivity contribution in [3.05, 3.63) is 24.3 Å². The summed E-state index contributed by atoms with van der Waals surface area (Å²) >= 11 is 0. The first-order valence-corrected chi connectivity index (χ1v) is 8.44. The zero-order valence-corrected chi connectivity index (χ0v) is 13.3. The lowest BCUT2D eigenvalue weighted by Crippen LogP contribution is -2.42.